The third-order valence-electron chi connectivity index (χ3n) is 2.93. The van der Waals surface area contributed by atoms with Crippen LogP contribution in [0.4, 0.5) is 0 Å². The zero-order valence-electron chi connectivity index (χ0n) is 10.7. The summed E-state index contributed by atoms with van der Waals surface area (Å²) >= 11 is 12.2. The molecule has 1 aliphatic carbocycles. The molecule has 1 heterocycles. The SMILES string of the molecule is C=C(Cl)/C(=C(Cl)\C=N\OC)c1noc(C2CC2)c1C. The van der Waals surface area contributed by atoms with Gasteiger partial charge in [0.2, 0.25) is 0 Å². The van der Waals surface area contributed by atoms with Crippen molar-refractivity contribution in [3.8, 4) is 0 Å². The first-order chi connectivity index (χ1) is 9.06. The number of hydrogen-bond acceptors (Lipinski definition) is 4. The van der Waals surface area contributed by atoms with Gasteiger partial charge >= 0.3 is 0 Å². The molecule has 1 fully saturated rings. The second-order valence-electron chi connectivity index (χ2n) is 4.34. The summed E-state index contributed by atoms with van der Waals surface area (Å²) in [6, 6.07) is 0. The zero-order chi connectivity index (χ0) is 14.0. The fraction of sp³-hybridized carbons (Fsp3) is 0.385. The molecule has 0 aliphatic heterocycles. The molecule has 1 aliphatic rings. The molecule has 0 aromatic carbocycles. The Bertz CT molecular complexity index is 557. The van der Waals surface area contributed by atoms with Crippen molar-refractivity contribution < 1.29 is 9.36 Å². The molecular formula is C13H14Cl2N2O2. The van der Waals surface area contributed by atoms with Crippen molar-refractivity contribution in [2.24, 2.45) is 5.16 Å². The summed E-state index contributed by atoms with van der Waals surface area (Å²) in [7, 11) is 1.43. The second kappa shape index (κ2) is 5.80. The number of aromatic nitrogens is 1. The normalized spacial score (nSPS) is 16.6. The van der Waals surface area contributed by atoms with E-state index >= 15 is 0 Å². The molecule has 0 saturated heterocycles. The van der Waals surface area contributed by atoms with Gasteiger partial charge in [0.1, 0.15) is 18.6 Å². The molecule has 0 radical (unpaired) electrons. The molecule has 4 nitrogen and oxygen atoms in total. The van der Waals surface area contributed by atoms with Gasteiger partial charge in [-0.2, -0.15) is 0 Å². The number of halogens is 2. The Morgan fingerprint density at radius 1 is 1.53 bits per heavy atom. The fourth-order valence-electron chi connectivity index (χ4n) is 1.84. The van der Waals surface area contributed by atoms with Crippen LogP contribution in [-0.4, -0.2) is 18.5 Å². The van der Waals surface area contributed by atoms with Crippen LogP contribution in [0.25, 0.3) is 5.57 Å². The van der Waals surface area contributed by atoms with Crippen molar-refractivity contribution in [2.45, 2.75) is 25.7 Å². The molecule has 0 spiro atoms. The van der Waals surface area contributed by atoms with Crippen LogP contribution in [0, 0.1) is 6.92 Å². The Morgan fingerprint density at radius 2 is 2.21 bits per heavy atom. The van der Waals surface area contributed by atoms with Crippen LogP contribution in [0.3, 0.4) is 0 Å². The number of nitrogens with zero attached hydrogens (tertiary/aromatic N) is 2. The molecule has 0 N–H and O–H groups in total. The number of oxime groups is 1. The highest BCUT2D eigenvalue weighted by Crippen LogP contribution is 2.44. The largest absolute Gasteiger partial charge is 0.399 e. The van der Waals surface area contributed by atoms with Gasteiger partial charge in [-0.1, -0.05) is 40.1 Å². The predicted molar refractivity (Wildman–Crippen MR) is 76.5 cm³/mol. The van der Waals surface area contributed by atoms with Crippen molar-refractivity contribution in [1.82, 2.24) is 5.16 Å². The number of hydrogen-bond donors (Lipinski definition) is 0. The first-order valence-electron chi connectivity index (χ1n) is 5.83. The first-order valence-corrected chi connectivity index (χ1v) is 6.59. The summed E-state index contributed by atoms with van der Waals surface area (Å²) in [5.41, 5.74) is 2.06. The van der Waals surface area contributed by atoms with Gasteiger partial charge in [0.25, 0.3) is 0 Å². The maximum atomic E-state index is 6.15. The van der Waals surface area contributed by atoms with E-state index in [2.05, 4.69) is 21.7 Å². The van der Waals surface area contributed by atoms with Crippen molar-refractivity contribution in [2.75, 3.05) is 7.11 Å². The van der Waals surface area contributed by atoms with E-state index in [0.29, 0.717) is 22.2 Å². The molecule has 0 amide bonds. The molecule has 2 rings (SSSR count). The van der Waals surface area contributed by atoms with E-state index in [1.54, 1.807) is 0 Å². The molecule has 1 saturated carbocycles. The standard InChI is InChI=1S/C13H14Cl2N2O2/c1-7-12(17-19-13(7)9-4-5-9)11(8(2)14)10(15)6-16-18-3/h6,9H,2,4-5H2,1,3H3/b11-10-,16-6+. The minimum absolute atomic E-state index is 0.284. The van der Waals surface area contributed by atoms with Crippen LogP contribution in [0.2, 0.25) is 0 Å². The van der Waals surface area contributed by atoms with Gasteiger partial charge in [-0.05, 0) is 19.8 Å². The average molecular weight is 301 g/mol. The van der Waals surface area contributed by atoms with E-state index in [1.165, 1.54) is 13.3 Å². The smallest absolute Gasteiger partial charge is 0.143 e. The summed E-state index contributed by atoms with van der Waals surface area (Å²) in [5.74, 6) is 1.37. The second-order valence-corrected chi connectivity index (χ2v) is 5.20. The molecule has 1 aromatic rings. The van der Waals surface area contributed by atoms with Gasteiger partial charge < -0.3 is 9.36 Å². The van der Waals surface area contributed by atoms with Gasteiger partial charge in [-0.25, -0.2) is 0 Å². The number of rotatable bonds is 5. The molecule has 19 heavy (non-hydrogen) atoms. The van der Waals surface area contributed by atoms with Crippen LogP contribution in [-0.2, 0) is 4.84 Å². The van der Waals surface area contributed by atoms with E-state index in [9.17, 15) is 0 Å². The maximum Gasteiger partial charge on any atom is 0.143 e. The molecule has 1 aromatic heterocycles. The minimum atomic E-state index is 0.284. The lowest BCUT2D eigenvalue weighted by Gasteiger charge is -2.04. The molecule has 0 bridgehead atoms. The van der Waals surface area contributed by atoms with Crippen molar-refractivity contribution >= 4 is 35.0 Å². The third kappa shape index (κ3) is 3.01. The Labute approximate surface area is 121 Å². The maximum absolute atomic E-state index is 6.15. The zero-order valence-corrected chi connectivity index (χ0v) is 12.3. The summed E-state index contributed by atoms with van der Waals surface area (Å²) in [6.45, 7) is 5.65. The molecule has 0 unspecified atom stereocenters. The van der Waals surface area contributed by atoms with Gasteiger partial charge in [0.15, 0.2) is 0 Å². The van der Waals surface area contributed by atoms with Crippen LogP contribution in [0.15, 0.2) is 26.3 Å². The lowest BCUT2D eigenvalue weighted by Crippen LogP contribution is -1.93. The summed E-state index contributed by atoms with van der Waals surface area (Å²) in [4.78, 5) is 4.60. The monoisotopic (exact) mass is 300 g/mol. The summed E-state index contributed by atoms with van der Waals surface area (Å²) in [5, 5.41) is 8.26. The highest BCUT2D eigenvalue weighted by molar-refractivity contribution is 6.47. The van der Waals surface area contributed by atoms with Crippen LogP contribution in [0.5, 0.6) is 0 Å². The van der Waals surface area contributed by atoms with Gasteiger partial charge in [0, 0.05) is 22.1 Å². The van der Waals surface area contributed by atoms with E-state index < -0.39 is 0 Å². The minimum Gasteiger partial charge on any atom is -0.399 e. The predicted octanol–water partition coefficient (Wildman–Crippen LogP) is 4.20. The Hall–Kier alpha value is -1.26. The Morgan fingerprint density at radius 3 is 2.74 bits per heavy atom. The highest BCUT2D eigenvalue weighted by atomic mass is 35.5. The van der Waals surface area contributed by atoms with Gasteiger partial charge in [0.05, 0.1) is 11.2 Å². The molecule has 0 atom stereocenters. The van der Waals surface area contributed by atoms with E-state index in [-0.39, 0.29) is 5.03 Å². The van der Waals surface area contributed by atoms with E-state index in [4.69, 9.17) is 27.7 Å². The lowest BCUT2D eigenvalue weighted by atomic mass is 10.1. The van der Waals surface area contributed by atoms with E-state index in [0.717, 1.165) is 24.2 Å². The molecule has 6 heteroatoms. The van der Waals surface area contributed by atoms with Crippen molar-refractivity contribution in [1.29, 1.82) is 0 Å². The quantitative estimate of drug-likeness (QED) is 0.465. The van der Waals surface area contributed by atoms with Crippen LogP contribution < -0.4 is 0 Å². The van der Waals surface area contributed by atoms with E-state index in [1.807, 2.05) is 6.92 Å². The van der Waals surface area contributed by atoms with Crippen LogP contribution in [0.1, 0.15) is 35.8 Å². The Kier molecular flexibility index (Phi) is 4.32. The van der Waals surface area contributed by atoms with Gasteiger partial charge in [-0.15, -0.1) is 0 Å². The summed E-state index contributed by atoms with van der Waals surface area (Å²) < 4.78 is 5.39. The molecular weight excluding hydrogens is 287 g/mol. The number of allylic oxidation sites excluding steroid dienone is 3. The van der Waals surface area contributed by atoms with Crippen molar-refractivity contribution in [3.05, 3.63) is 33.7 Å². The molecule has 102 valence electrons. The topological polar surface area (TPSA) is 47.6 Å². The highest BCUT2D eigenvalue weighted by Gasteiger charge is 2.31. The summed E-state index contributed by atoms with van der Waals surface area (Å²) in [6.07, 6.45) is 3.62. The first kappa shape index (κ1) is 14.2. The average Bonchev–Trinajstić information content (AvgIpc) is 3.13. The van der Waals surface area contributed by atoms with Gasteiger partial charge in [-0.3, -0.25) is 0 Å². The third-order valence-corrected chi connectivity index (χ3v) is 3.40. The van der Waals surface area contributed by atoms with Crippen LogP contribution >= 0.6 is 23.2 Å². The van der Waals surface area contributed by atoms with Crippen molar-refractivity contribution in [3.63, 3.8) is 0 Å². The Balaban J connectivity index is 2.45. The lowest BCUT2D eigenvalue weighted by molar-refractivity contribution is 0.215. The fourth-order valence-corrected chi connectivity index (χ4v) is 2.33.